The monoisotopic (exact) mass is 358 g/mol. The van der Waals surface area contributed by atoms with Gasteiger partial charge in [-0.05, 0) is 54.4 Å². The molecular weight excluding hydrogens is 324 g/mol. The minimum Gasteiger partial charge on any atom is -0.461 e. The third-order valence-electron chi connectivity index (χ3n) is 4.27. The van der Waals surface area contributed by atoms with Gasteiger partial charge >= 0.3 is 5.97 Å². The molecule has 1 aliphatic heterocycles. The lowest BCUT2D eigenvalue weighted by Crippen LogP contribution is -2.45. The van der Waals surface area contributed by atoms with Gasteiger partial charge in [-0.15, -0.1) is 0 Å². The van der Waals surface area contributed by atoms with E-state index in [-0.39, 0.29) is 18.3 Å². The molecule has 0 aromatic carbocycles. The molecule has 2 rings (SSSR count). The molecule has 0 amide bonds. The Labute approximate surface area is 151 Å². The van der Waals surface area contributed by atoms with Gasteiger partial charge < -0.3 is 23.7 Å². The lowest BCUT2D eigenvalue weighted by molar-refractivity contribution is -0.254. The lowest BCUT2D eigenvalue weighted by atomic mass is 9.94. The molecule has 0 N–H and O–H groups in total. The number of hydrogen-bond donors (Lipinski definition) is 0. The van der Waals surface area contributed by atoms with E-state index < -0.39 is 30.3 Å². The third-order valence-corrected chi connectivity index (χ3v) is 4.27. The van der Waals surface area contributed by atoms with E-state index in [9.17, 15) is 4.79 Å². The average Bonchev–Trinajstić information content (AvgIpc) is 2.85. The van der Waals surface area contributed by atoms with Crippen molar-refractivity contribution in [1.29, 1.82) is 0 Å². The second-order valence-electron chi connectivity index (χ2n) is 7.82. The summed E-state index contributed by atoms with van der Waals surface area (Å²) in [5, 5.41) is 0. The Kier molecular flexibility index (Phi) is 7.26. The predicted octanol–water partition coefficient (Wildman–Crippen LogP) is 3.56. The van der Waals surface area contributed by atoms with Crippen molar-refractivity contribution in [3.63, 3.8) is 0 Å². The lowest BCUT2D eigenvalue weighted by Gasteiger charge is -2.33. The van der Waals surface area contributed by atoms with Gasteiger partial charge in [0.25, 0.3) is 0 Å². The number of carbonyl (C=O) groups excluding carboxylic acids is 1. The first-order valence-electron chi connectivity index (χ1n) is 9.59. The molecule has 1 heterocycles. The van der Waals surface area contributed by atoms with Crippen molar-refractivity contribution in [1.82, 2.24) is 0 Å². The van der Waals surface area contributed by atoms with Crippen LogP contribution in [0.5, 0.6) is 0 Å². The van der Waals surface area contributed by atoms with Gasteiger partial charge in [0.2, 0.25) is 0 Å². The van der Waals surface area contributed by atoms with E-state index in [0.717, 1.165) is 32.1 Å². The van der Waals surface area contributed by atoms with Crippen LogP contribution in [0.4, 0.5) is 0 Å². The molecule has 2 aliphatic rings. The number of rotatable bonds is 7. The van der Waals surface area contributed by atoms with E-state index in [1.807, 2.05) is 41.5 Å². The highest BCUT2D eigenvalue weighted by Gasteiger charge is 2.55. The Morgan fingerprint density at radius 2 is 1.44 bits per heavy atom. The maximum Gasteiger partial charge on any atom is 0.338 e. The molecule has 1 saturated carbocycles. The van der Waals surface area contributed by atoms with Gasteiger partial charge in [-0.3, -0.25) is 0 Å². The SMILES string of the molecule is CC(C)OC(=O)C1OC2(CCCCC2)OC1C(OC(C)C)OC(C)C. The quantitative estimate of drug-likeness (QED) is 0.512. The molecule has 25 heavy (non-hydrogen) atoms. The summed E-state index contributed by atoms with van der Waals surface area (Å²) < 4.78 is 29.7. The van der Waals surface area contributed by atoms with Crippen molar-refractivity contribution >= 4 is 5.97 Å². The van der Waals surface area contributed by atoms with E-state index in [1.54, 1.807) is 0 Å². The molecule has 6 nitrogen and oxygen atoms in total. The first kappa shape index (κ1) is 20.6. The molecule has 0 aromatic heterocycles. The standard InChI is InChI=1S/C19H34O6/c1-12(2)21-17(20)15-16(18(22-13(3)4)23-14(5)6)25-19(24-15)10-8-7-9-11-19/h12-16,18H,7-11H2,1-6H3. The zero-order valence-corrected chi connectivity index (χ0v) is 16.4. The van der Waals surface area contributed by atoms with Gasteiger partial charge in [0.1, 0.15) is 6.10 Å². The maximum atomic E-state index is 12.6. The fourth-order valence-corrected chi connectivity index (χ4v) is 3.37. The van der Waals surface area contributed by atoms with Crippen LogP contribution in [0.3, 0.4) is 0 Å². The number of carbonyl (C=O) groups is 1. The molecule has 1 aliphatic carbocycles. The molecule has 0 aromatic rings. The molecule has 2 atom stereocenters. The Bertz CT molecular complexity index is 418. The fourth-order valence-electron chi connectivity index (χ4n) is 3.37. The summed E-state index contributed by atoms with van der Waals surface area (Å²) in [6.45, 7) is 11.4. The van der Waals surface area contributed by atoms with Crippen LogP contribution in [-0.4, -0.2) is 48.6 Å². The molecular formula is C19H34O6. The largest absolute Gasteiger partial charge is 0.461 e. The van der Waals surface area contributed by atoms with Crippen LogP contribution in [0.15, 0.2) is 0 Å². The van der Waals surface area contributed by atoms with Gasteiger partial charge in [0.15, 0.2) is 18.2 Å². The smallest absolute Gasteiger partial charge is 0.338 e. The van der Waals surface area contributed by atoms with Crippen LogP contribution in [0.2, 0.25) is 0 Å². The zero-order chi connectivity index (χ0) is 18.6. The van der Waals surface area contributed by atoms with E-state index in [1.165, 1.54) is 0 Å². The van der Waals surface area contributed by atoms with Gasteiger partial charge in [0, 0.05) is 12.8 Å². The Balaban J connectivity index is 2.22. The van der Waals surface area contributed by atoms with Crippen molar-refractivity contribution in [2.75, 3.05) is 0 Å². The van der Waals surface area contributed by atoms with Crippen LogP contribution in [0.1, 0.15) is 73.6 Å². The zero-order valence-electron chi connectivity index (χ0n) is 16.4. The molecule has 2 fully saturated rings. The average molecular weight is 358 g/mol. The molecule has 6 heteroatoms. The van der Waals surface area contributed by atoms with Gasteiger partial charge in [0.05, 0.1) is 18.3 Å². The number of hydrogen-bond acceptors (Lipinski definition) is 6. The van der Waals surface area contributed by atoms with Crippen LogP contribution in [0, 0.1) is 0 Å². The molecule has 1 spiro atoms. The third kappa shape index (κ3) is 5.64. The van der Waals surface area contributed by atoms with Gasteiger partial charge in [-0.25, -0.2) is 4.79 Å². The van der Waals surface area contributed by atoms with Crippen LogP contribution >= 0.6 is 0 Å². The van der Waals surface area contributed by atoms with Crippen LogP contribution < -0.4 is 0 Å². The van der Waals surface area contributed by atoms with E-state index >= 15 is 0 Å². The molecule has 0 radical (unpaired) electrons. The summed E-state index contributed by atoms with van der Waals surface area (Å²) in [6, 6.07) is 0. The fraction of sp³-hybridized carbons (Fsp3) is 0.947. The molecule has 1 saturated heterocycles. The van der Waals surface area contributed by atoms with E-state index in [0.29, 0.717) is 0 Å². The highest BCUT2D eigenvalue weighted by Crippen LogP contribution is 2.42. The first-order valence-corrected chi connectivity index (χ1v) is 9.59. The van der Waals surface area contributed by atoms with E-state index in [4.69, 9.17) is 23.7 Å². The Morgan fingerprint density at radius 3 is 1.92 bits per heavy atom. The minimum absolute atomic E-state index is 0.0583. The summed E-state index contributed by atoms with van der Waals surface area (Å²) in [6.07, 6.45) is 2.32. The minimum atomic E-state index is -0.831. The van der Waals surface area contributed by atoms with Crippen molar-refractivity contribution in [3.05, 3.63) is 0 Å². The topological polar surface area (TPSA) is 63.2 Å². The molecule has 146 valence electrons. The highest BCUT2D eigenvalue weighted by atomic mass is 16.8. The molecule has 0 bridgehead atoms. The predicted molar refractivity (Wildman–Crippen MR) is 93.0 cm³/mol. The second kappa shape index (κ2) is 8.80. The van der Waals surface area contributed by atoms with Gasteiger partial charge in [-0.2, -0.15) is 0 Å². The van der Waals surface area contributed by atoms with Crippen molar-refractivity contribution < 1.29 is 28.5 Å². The normalized spacial score (nSPS) is 26.3. The summed E-state index contributed by atoms with van der Waals surface area (Å²) in [5.41, 5.74) is 0. The Hall–Kier alpha value is -0.690. The summed E-state index contributed by atoms with van der Waals surface area (Å²) in [4.78, 5) is 12.6. The van der Waals surface area contributed by atoms with E-state index in [2.05, 4.69) is 0 Å². The molecule has 2 unspecified atom stereocenters. The summed E-state index contributed by atoms with van der Waals surface area (Å²) in [5.74, 6) is -1.13. The van der Waals surface area contributed by atoms with Crippen molar-refractivity contribution in [3.8, 4) is 0 Å². The number of esters is 1. The second-order valence-corrected chi connectivity index (χ2v) is 7.82. The first-order chi connectivity index (χ1) is 11.7. The van der Waals surface area contributed by atoms with Gasteiger partial charge in [-0.1, -0.05) is 6.42 Å². The van der Waals surface area contributed by atoms with Crippen molar-refractivity contribution in [2.24, 2.45) is 0 Å². The maximum absolute atomic E-state index is 12.6. The summed E-state index contributed by atoms with van der Waals surface area (Å²) >= 11 is 0. The van der Waals surface area contributed by atoms with Crippen molar-refractivity contribution in [2.45, 2.75) is 116 Å². The number of ether oxygens (including phenoxy) is 5. The Morgan fingerprint density at radius 1 is 0.880 bits per heavy atom. The highest BCUT2D eigenvalue weighted by molar-refractivity contribution is 5.76. The van der Waals surface area contributed by atoms with Crippen LogP contribution in [0.25, 0.3) is 0 Å². The summed E-state index contributed by atoms with van der Waals surface area (Å²) in [7, 11) is 0. The van der Waals surface area contributed by atoms with Crippen LogP contribution in [-0.2, 0) is 28.5 Å².